The molecule has 0 spiro atoms. The van der Waals surface area contributed by atoms with Crippen molar-refractivity contribution in [2.75, 3.05) is 0 Å². The summed E-state index contributed by atoms with van der Waals surface area (Å²) in [4.78, 5) is 13.0. The molecular formula is C24H22N6O. The number of hydrogen-bond acceptors (Lipinski definition) is 4. The first-order valence-corrected chi connectivity index (χ1v) is 10.3. The Morgan fingerprint density at radius 2 is 1.97 bits per heavy atom. The van der Waals surface area contributed by atoms with Crippen LogP contribution in [0.5, 0.6) is 0 Å². The number of nitrogens with one attached hydrogen (secondary N) is 2. The Balaban J connectivity index is 1.36. The molecule has 154 valence electrons. The number of hydrogen-bond donors (Lipinski definition) is 2. The van der Waals surface area contributed by atoms with Crippen LogP contribution in [0.25, 0.3) is 22.2 Å². The van der Waals surface area contributed by atoms with Gasteiger partial charge in [-0.2, -0.15) is 15.3 Å². The third-order valence-electron chi connectivity index (χ3n) is 5.55. The van der Waals surface area contributed by atoms with Gasteiger partial charge in [-0.3, -0.25) is 19.7 Å². The van der Waals surface area contributed by atoms with Crippen molar-refractivity contribution in [2.24, 2.45) is 0 Å². The number of carbonyl (C=O) groups excluding carboxylic acids is 1. The van der Waals surface area contributed by atoms with Gasteiger partial charge in [-0.05, 0) is 35.7 Å². The summed E-state index contributed by atoms with van der Waals surface area (Å²) < 4.78 is 1.94. The lowest BCUT2D eigenvalue weighted by Crippen LogP contribution is -2.10. The van der Waals surface area contributed by atoms with Crippen molar-refractivity contribution in [3.05, 3.63) is 90.0 Å². The number of ketones is 1. The maximum Gasteiger partial charge on any atom is 0.188 e. The molecule has 7 nitrogen and oxygen atoms in total. The van der Waals surface area contributed by atoms with Crippen LogP contribution in [0, 0.1) is 0 Å². The number of H-pyrrole nitrogens is 2. The largest absolute Gasteiger partial charge is 0.292 e. The molecule has 3 heterocycles. The Hall–Kier alpha value is -4.00. The third-order valence-corrected chi connectivity index (χ3v) is 5.55. The van der Waals surface area contributed by atoms with E-state index in [0.717, 1.165) is 34.1 Å². The molecule has 0 saturated heterocycles. The zero-order chi connectivity index (χ0) is 21.2. The van der Waals surface area contributed by atoms with Gasteiger partial charge in [-0.1, -0.05) is 43.3 Å². The van der Waals surface area contributed by atoms with E-state index in [-0.39, 0.29) is 18.2 Å². The standard InChI is InChI=1S/C24H22N6O/c1-2-22(17-6-4-3-5-7-17)30-15-16(14-26-30)12-23(31)24-19-9-8-18(13-21(19)28-29-24)20-10-11-25-27-20/h3-11,13-15,22H,2,12H2,1H3,(H,25,27)(H,28,29)/t22-/m0/s1. The van der Waals surface area contributed by atoms with Crippen LogP contribution in [0.4, 0.5) is 0 Å². The SMILES string of the molecule is CC[C@@H](c1ccccc1)n1cc(CC(=O)c2n[nH]c3cc(-c4ccn[nH]4)ccc23)cn1. The quantitative estimate of drug-likeness (QED) is 0.384. The summed E-state index contributed by atoms with van der Waals surface area (Å²) in [5, 5.41) is 19.6. The maximum atomic E-state index is 13.0. The van der Waals surface area contributed by atoms with Gasteiger partial charge in [0.05, 0.1) is 23.4 Å². The molecule has 0 aliphatic carbocycles. The Morgan fingerprint density at radius 3 is 2.74 bits per heavy atom. The summed E-state index contributed by atoms with van der Waals surface area (Å²) in [6.45, 7) is 2.14. The van der Waals surface area contributed by atoms with Crippen LogP contribution in [0.2, 0.25) is 0 Å². The Labute approximate surface area is 179 Å². The van der Waals surface area contributed by atoms with Crippen molar-refractivity contribution in [1.82, 2.24) is 30.2 Å². The van der Waals surface area contributed by atoms with Gasteiger partial charge in [-0.15, -0.1) is 0 Å². The monoisotopic (exact) mass is 410 g/mol. The van der Waals surface area contributed by atoms with Crippen molar-refractivity contribution in [3.8, 4) is 11.3 Å². The predicted octanol–water partition coefficient (Wildman–Crippen LogP) is 4.57. The van der Waals surface area contributed by atoms with Gasteiger partial charge < -0.3 is 0 Å². The Kier molecular flexibility index (Phi) is 4.92. The van der Waals surface area contributed by atoms with Crippen LogP contribution in [0.15, 0.2) is 73.2 Å². The zero-order valence-corrected chi connectivity index (χ0v) is 17.1. The minimum Gasteiger partial charge on any atom is -0.292 e. The first-order chi connectivity index (χ1) is 15.2. The first kappa shape index (κ1) is 19.0. The van der Waals surface area contributed by atoms with E-state index < -0.39 is 0 Å². The van der Waals surface area contributed by atoms with Crippen molar-refractivity contribution >= 4 is 16.7 Å². The zero-order valence-electron chi connectivity index (χ0n) is 17.1. The van der Waals surface area contributed by atoms with Gasteiger partial charge in [0, 0.05) is 29.8 Å². The van der Waals surface area contributed by atoms with Crippen LogP contribution in [0.1, 0.15) is 41.0 Å². The summed E-state index contributed by atoms with van der Waals surface area (Å²) in [7, 11) is 0. The second-order valence-electron chi connectivity index (χ2n) is 7.57. The second-order valence-corrected chi connectivity index (χ2v) is 7.57. The average Bonchev–Trinajstić information content (AvgIpc) is 3.56. The van der Waals surface area contributed by atoms with E-state index in [1.807, 2.05) is 53.3 Å². The van der Waals surface area contributed by atoms with E-state index in [1.54, 1.807) is 12.4 Å². The van der Waals surface area contributed by atoms with Gasteiger partial charge >= 0.3 is 0 Å². The molecule has 0 fully saturated rings. The molecule has 3 aromatic heterocycles. The van der Waals surface area contributed by atoms with Crippen molar-refractivity contribution < 1.29 is 4.79 Å². The molecule has 0 bridgehead atoms. The molecule has 2 aromatic carbocycles. The molecule has 0 aliphatic rings. The molecule has 1 atom stereocenters. The third kappa shape index (κ3) is 3.66. The van der Waals surface area contributed by atoms with E-state index >= 15 is 0 Å². The van der Waals surface area contributed by atoms with Crippen molar-refractivity contribution in [2.45, 2.75) is 25.8 Å². The number of Topliss-reactive ketones (excluding diaryl/α,β-unsaturated/α-hetero) is 1. The van der Waals surface area contributed by atoms with E-state index in [9.17, 15) is 4.79 Å². The molecule has 5 aromatic rings. The molecule has 0 unspecified atom stereocenters. The molecule has 2 N–H and O–H groups in total. The van der Waals surface area contributed by atoms with Crippen LogP contribution in [0.3, 0.4) is 0 Å². The van der Waals surface area contributed by atoms with Crippen molar-refractivity contribution in [1.29, 1.82) is 0 Å². The van der Waals surface area contributed by atoms with Crippen LogP contribution in [-0.4, -0.2) is 36.0 Å². The maximum absolute atomic E-state index is 13.0. The normalized spacial score (nSPS) is 12.3. The summed E-state index contributed by atoms with van der Waals surface area (Å²) in [6.07, 6.45) is 6.62. The van der Waals surface area contributed by atoms with Crippen LogP contribution < -0.4 is 0 Å². The van der Waals surface area contributed by atoms with E-state index in [4.69, 9.17) is 0 Å². The number of nitrogens with zero attached hydrogens (tertiary/aromatic N) is 4. The first-order valence-electron chi connectivity index (χ1n) is 10.3. The van der Waals surface area contributed by atoms with Crippen molar-refractivity contribution in [3.63, 3.8) is 0 Å². The Bertz CT molecular complexity index is 1320. The molecule has 0 amide bonds. The molecule has 5 rings (SSSR count). The van der Waals surface area contributed by atoms with Gasteiger partial charge in [0.15, 0.2) is 5.78 Å². The molecule has 0 aliphatic heterocycles. The number of rotatable bonds is 7. The fourth-order valence-electron chi connectivity index (χ4n) is 3.98. The summed E-state index contributed by atoms with van der Waals surface area (Å²) >= 11 is 0. The topological polar surface area (TPSA) is 92.2 Å². The summed E-state index contributed by atoms with van der Waals surface area (Å²) in [5.74, 6) is -0.0344. The highest BCUT2D eigenvalue weighted by Gasteiger charge is 2.18. The Morgan fingerprint density at radius 1 is 1.10 bits per heavy atom. The second kappa shape index (κ2) is 8.02. The number of benzene rings is 2. The van der Waals surface area contributed by atoms with E-state index in [2.05, 4.69) is 44.5 Å². The molecule has 0 radical (unpaired) electrons. The highest BCUT2D eigenvalue weighted by molar-refractivity contribution is 6.07. The van der Waals surface area contributed by atoms with Crippen LogP contribution >= 0.6 is 0 Å². The smallest absolute Gasteiger partial charge is 0.188 e. The predicted molar refractivity (Wildman–Crippen MR) is 119 cm³/mol. The van der Waals surface area contributed by atoms with Gasteiger partial charge in [0.2, 0.25) is 0 Å². The molecular weight excluding hydrogens is 388 g/mol. The fourth-order valence-corrected chi connectivity index (χ4v) is 3.98. The fraction of sp³-hybridized carbons (Fsp3) is 0.167. The summed E-state index contributed by atoms with van der Waals surface area (Å²) in [5.41, 5.74) is 5.26. The summed E-state index contributed by atoms with van der Waals surface area (Å²) in [6, 6.07) is 18.2. The van der Waals surface area contributed by atoms with E-state index in [0.29, 0.717) is 5.69 Å². The lowest BCUT2D eigenvalue weighted by Gasteiger charge is -2.15. The number of aromatic nitrogens is 6. The molecule has 0 saturated carbocycles. The van der Waals surface area contributed by atoms with Gasteiger partial charge in [0.1, 0.15) is 5.69 Å². The highest BCUT2D eigenvalue weighted by atomic mass is 16.1. The van der Waals surface area contributed by atoms with Gasteiger partial charge in [-0.25, -0.2) is 0 Å². The molecule has 31 heavy (non-hydrogen) atoms. The molecule has 7 heteroatoms. The van der Waals surface area contributed by atoms with E-state index in [1.165, 1.54) is 5.56 Å². The number of carbonyl (C=O) groups is 1. The minimum atomic E-state index is -0.0344. The lowest BCUT2D eigenvalue weighted by atomic mass is 10.0. The highest BCUT2D eigenvalue weighted by Crippen LogP contribution is 2.25. The minimum absolute atomic E-state index is 0.0344. The van der Waals surface area contributed by atoms with Gasteiger partial charge in [0.25, 0.3) is 0 Å². The lowest BCUT2D eigenvalue weighted by molar-refractivity contribution is 0.0989. The number of fused-ring (bicyclic) bond motifs is 1. The van der Waals surface area contributed by atoms with Crippen LogP contribution in [-0.2, 0) is 6.42 Å². The average molecular weight is 410 g/mol. The number of aromatic amines is 2.